The van der Waals surface area contributed by atoms with E-state index in [2.05, 4.69) is 27.7 Å². The Kier molecular flexibility index (Phi) is 25.4. The van der Waals surface area contributed by atoms with Crippen molar-refractivity contribution in [1.29, 1.82) is 0 Å². The van der Waals surface area contributed by atoms with Gasteiger partial charge in [-0.05, 0) is 38.5 Å². The minimum atomic E-state index is -0.688. The summed E-state index contributed by atoms with van der Waals surface area (Å²) in [5, 5.41) is 0. The summed E-state index contributed by atoms with van der Waals surface area (Å²) in [5.74, 6) is 0. The van der Waals surface area contributed by atoms with Gasteiger partial charge in [0.1, 0.15) is 0 Å². The highest BCUT2D eigenvalue weighted by atomic mass is 31.2. The highest BCUT2D eigenvalue weighted by molar-refractivity contribution is 7.75. The lowest BCUT2D eigenvalue weighted by Gasteiger charge is -2.28. The summed E-state index contributed by atoms with van der Waals surface area (Å²) >= 11 is 0. The molecule has 0 nitrogen and oxygen atoms in total. The number of hydrogen-bond acceptors (Lipinski definition) is 0. The van der Waals surface area contributed by atoms with Crippen LogP contribution in [0.15, 0.2) is 0 Å². The van der Waals surface area contributed by atoms with Gasteiger partial charge in [-0.2, -0.15) is 0 Å². The molecule has 0 aliphatic rings. The zero-order valence-electron chi connectivity index (χ0n) is 22.8. The lowest BCUT2D eigenvalue weighted by molar-refractivity contribution is 0.582. The van der Waals surface area contributed by atoms with Crippen molar-refractivity contribution >= 4 is 7.26 Å². The normalized spacial score (nSPS) is 12.0. The molecule has 0 heterocycles. The molecule has 0 aromatic carbocycles. The molecule has 0 bridgehead atoms. The first-order valence-electron chi connectivity index (χ1n) is 15.1. The molecule has 0 N–H and O–H groups in total. The van der Waals surface area contributed by atoms with E-state index in [1.165, 1.54) is 128 Å². The number of unbranched alkanes of at least 4 members (excludes halogenated alkanes) is 18. The lowest BCUT2D eigenvalue weighted by Crippen LogP contribution is -2.13. The third kappa shape index (κ3) is 20.7. The van der Waals surface area contributed by atoms with Crippen molar-refractivity contribution in [3.05, 3.63) is 0 Å². The zero-order chi connectivity index (χ0) is 22.9. The standard InChI is InChI=1S/C30H64P/c1-5-9-13-15-17-19-21-25-29-31(27-23-11-7-3,28-24-12-8-4)30-26-22-20-18-16-14-10-6-2/h5-30H2,1-4H3/q+1. The van der Waals surface area contributed by atoms with Gasteiger partial charge in [0.25, 0.3) is 0 Å². The quantitative estimate of drug-likeness (QED) is 0.0898. The van der Waals surface area contributed by atoms with Gasteiger partial charge in [-0.25, -0.2) is 0 Å². The highest BCUT2D eigenvalue weighted by Gasteiger charge is 2.34. The van der Waals surface area contributed by atoms with Gasteiger partial charge in [-0.15, -0.1) is 0 Å². The summed E-state index contributed by atoms with van der Waals surface area (Å²) in [4.78, 5) is 0. The van der Waals surface area contributed by atoms with Crippen molar-refractivity contribution in [1.82, 2.24) is 0 Å². The fourth-order valence-electron chi connectivity index (χ4n) is 5.23. The summed E-state index contributed by atoms with van der Waals surface area (Å²) in [6.07, 6.45) is 39.1. The number of hydrogen-bond donors (Lipinski definition) is 0. The Morgan fingerprint density at radius 1 is 0.258 bits per heavy atom. The minimum Gasteiger partial charge on any atom is -0.0654 e. The van der Waals surface area contributed by atoms with Crippen LogP contribution in [0.4, 0.5) is 0 Å². The van der Waals surface area contributed by atoms with Gasteiger partial charge in [0.15, 0.2) is 0 Å². The Morgan fingerprint density at radius 2 is 0.452 bits per heavy atom. The van der Waals surface area contributed by atoms with Crippen LogP contribution in [0, 0.1) is 0 Å². The average molecular weight is 456 g/mol. The van der Waals surface area contributed by atoms with Gasteiger partial charge in [-0.1, -0.05) is 130 Å². The van der Waals surface area contributed by atoms with Crippen molar-refractivity contribution in [2.45, 2.75) is 169 Å². The smallest absolute Gasteiger partial charge is 0.0594 e. The van der Waals surface area contributed by atoms with Gasteiger partial charge < -0.3 is 0 Å². The van der Waals surface area contributed by atoms with Crippen LogP contribution in [0.3, 0.4) is 0 Å². The van der Waals surface area contributed by atoms with E-state index < -0.39 is 7.26 Å². The molecule has 0 fully saturated rings. The second kappa shape index (κ2) is 25.1. The maximum atomic E-state index is 2.38. The molecule has 0 aliphatic heterocycles. The summed E-state index contributed by atoms with van der Waals surface area (Å²) in [6.45, 7) is 9.42. The Hall–Kier alpha value is 0.430. The molecule has 0 rings (SSSR count). The van der Waals surface area contributed by atoms with Crippen LogP contribution in [0.1, 0.15) is 169 Å². The maximum absolute atomic E-state index is 2.38. The van der Waals surface area contributed by atoms with Crippen LogP contribution >= 0.6 is 7.26 Å². The summed E-state index contributed by atoms with van der Waals surface area (Å²) < 4.78 is 0. The molecule has 1 heteroatoms. The second-order valence-corrected chi connectivity index (χ2v) is 15.1. The van der Waals surface area contributed by atoms with Gasteiger partial charge in [0, 0.05) is 7.26 Å². The fraction of sp³-hybridized carbons (Fsp3) is 1.00. The molecule has 0 atom stereocenters. The van der Waals surface area contributed by atoms with E-state index in [-0.39, 0.29) is 0 Å². The minimum absolute atomic E-state index is 0.688. The Labute approximate surface area is 200 Å². The molecular weight excluding hydrogens is 391 g/mol. The Balaban J connectivity index is 4.44. The highest BCUT2D eigenvalue weighted by Crippen LogP contribution is 2.61. The van der Waals surface area contributed by atoms with E-state index in [1.807, 2.05) is 0 Å². The summed E-state index contributed by atoms with van der Waals surface area (Å²) in [7, 11) is -0.688. The van der Waals surface area contributed by atoms with Crippen molar-refractivity contribution in [3.63, 3.8) is 0 Å². The molecule has 0 radical (unpaired) electrons. The summed E-state index contributed by atoms with van der Waals surface area (Å²) in [6, 6.07) is 0. The van der Waals surface area contributed by atoms with Crippen LogP contribution < -0.4 is 0 Å². The molecule has 0 aromatic rings. The van der Waals surface area contributed by atoms with Gasteiger partial charge in [0.05, 0.1) is 24.6 Å². The predicted molar refractivity (Wildman–Crippen MR) is 151 cm³/mol. The third-order valence-electron chi connectivity index (χ3n) is 7.44. The van der Waals surface area contributed by atoms with Crippen molar-refractivity contribution in [2.24, 2.45) is 0 Å². The third-order valence-corrected chi connectivity index (χ3v) is 12.5. The molecule has 0 aliphatic carbocycles. The molecule has 0 amide bonds. The van der Waals surface area contributed by atoms with Crippen LogP contribution in [0.2, 0.25) is 0 Å². The lowest BCUT2D eigenvalue weighted by atomic mass is 10.1. The molecule has 0 aromatic heterocycles. The van der Waals surface area contributed by atoms with E-state index in [4.69, 9.17) is 0 Å². The summed E-state index contributed by atoms with van der Waals surface area (Å²) in [5.41, 5.74) is 0. The van der Waals surface area contributed by atoms with E-state index in [0.29, 0.717) is 0 Å². The molecular formula is C30H64P+. The first-order chi connectivity index (χ1) is 15.2. The average Bonchev–Trinajstić information content (AvgIpc) is 2.77. The van der Waals surface area contributed by atoms with Crippen LogP contribution in [-0.4, -0.2) is 24.6 Å². The Bertz CT molecular complexity index is 292. The van der Waals surface area contributed by atoms with Gasteiger partial charge in [0.2, 0.25) is 0 Å². The van der Waals surface area contributed by atoms with Crippen molar-refractivity contribution in [2.75, 3.05) is 24.6 Å². The molecule has 188 valence electrons. The predicted octanol–water partition coefficient (Wildman–Crippen LogP) is 11.7. The molecule has 31 heavy (non-hydrogen) atoms. The monoisotopic (exact) mass is 455 g/mol. The van der Waals surface area contributed by atoms with Crippen molar-refractivity contribution < 1.29 is 0 Å². The molecule has 0 unspecified atom stereocenters. The largest absolute Gasteiger partial charge is 0.0654 e. The van der Waals surface area contributed by atoms with Crippen LogP contribution in [0.5, 0.6) is 0 Å². The van der Waals surface area contributed by atoms with E-state index >= 15 is 0 Å². The first kappa shape index (κ1) is 31.4. The van der Waals surface area contributed by atoms with Crippen molar-refractivity contribution in [3.8, 4) is 0 Å². The van der Waals surface area contributed by atoms with E-state index in [9.17, 15) is 0 Å². The topological polar surface area (TPSA) is 0 Å². The molecule has 0 saturated carbocycles. The second-order valence-electron chi connectivity index (χ2n) is 10.6. The molecule has 0 saturated heterocycles. The SMILES string of the molecule is CCCCCCCCCC[P+](CCCCC)(CCCCC)CCCCCCCCCC. The number of rotatable bonds is 26. The van der Waals surface area contributed by atoms with E-state index in [1.54, 1.807) is 37.5 Å². The van der Waals surface area contributed by atoms with Gasteiger partial charge in [-0.3, -0.25) is 0 Å². The fourth-order valence-corrected chi connectivity index (χ4v) is 10.1. The van der Waals surface area contributed by atoms with E-state index in [0.717, 1.165) is 0 Å². The van der Waals surface area contributed by atoms with Crippen LogP contribution in [-0.2, 0) is 0 Å². The Morgan fingerprint density at radius 3 is 0.742 bits per heavy atom. The van der Waals surface area contributed by atoms with Gasteiger partial charge >= 0.3 is 0 Å². The maximum Gasteiger partial charge on any atom is 0.0594 e. The van der Waals surface area contributed by atoms with Crippen LogP contribution in [0.25, 0.3) is 0 Å². The zero-order valence-corrected chi connectivity index (χ0v) is 23.7. The molecule has 0 spiro atoms. The first-order valence-corrected chi connectivity index (χ1v) is 17.6.